The van der Waals surface area contributed by atoms with E-state index in [0.717, 1.165) is 0 Å². The summed E-state index contributed by atoms with van der Waals surface area (Å²) >= 11 is 6.14. The monoisotopic (exact) mass is 304 g/mol. The van der Waals surface area contributed by atoms with Gasteiger partial charge in [0, 0.05) is 25.2 Å². The highest BCUT2D eigenvalue weighted by molar-refractivity contribution is 6.32. The molecule has 0 atom stereocenters. The molecular formula is C14H13ClN4O2. The quantitative estimate of drug-likeness (QED) is 0.827. The summed E-state index contributed by atoms with van der Waals surface area (Å²) in [6, 6.07) is 7.18. The summed E-state index contributed by atoms with van der Waals surface area (Å²) in [6.45, 7) is 0.910. The molecule has 2 aromatic rings. The molecule has 0 saturated carbocycles. The van der Waals surface area contributed by atoms with Crippen LogP contribution in [0, 0.1) is 11.3 Å². The van der Waals surface area contributed by atoms with Crippen molar-refractivity contribution in [2.24, 2.45) is 0 Å². The van der Waals surface area contributed by atoms with Crippen molar-refractivity contribution in [2.45, 2.75) is 0 Å². The Kier molecular flexibility index (Phi) is 5.32. The van der Waals surface area contributed by atoms with Crippen molar-refractivity contribution in [1.82, 2.24) is 9.97 Å². The summed E-state index contributed by atoms with van der Waals surface area (Å²) < 4.78 is 10.4. The second kappa shape index (κ2) is 7.43. The van der Waals surface area contributed by atoms with Crippen LogP contribution in [0.1, 0.15) is 5.69 Å². The average molecular weight is 305 g/mol. The number of ether oxygens (including phenoxy) is 2. The van der Waals surface area contributed by atoms with Crippen LogP contribution < -0.4 is 10.1 Å². The van der Waals surface area contributed by atoms with Gasteiger partial charge in [-0.05, 0) is 18.2 Å². The molecule has 1 N–H and O–H groups in total. The van der Waals surface area contributed by atoms with Crippen molar-refractivity contribution in [3.05, 3.63) is 41.3 Å². The highest BCUT2D eigenvalue weighted by Crippen LogP contribution is 2.29. The normalized spacial score (nSPS) is 9.95. The van der Waals surface area contributed by atoms with E-state index in [2.05, 4.69) is 15.3 Å². The van der Waals surface area contributed by atoms with Crippen LogP contribution in [0.4, 0.5) is 11.5 Å². The molecule has 108 valence electrons. The Morgan fingerprint density at radius 2 is 2.10 bits per heavy atom. The van der Waals surface area contributed by atoms with E-state index in [0.29, 0.717) is 35.5 Å². The molecule has 0 radical (unpaired) electrons. The molecular weight excluding hydrogens is 292 g/mol. The molecule has 21 heavy (non-hydrogen) atoms. The molecule has 2 rings (SSSR count). The fraction of sp³-hybridized carbons (Fsp3) is 0.214. The molecule has 0 bridgehead atoms. The predicted molar refractivity (Wildman–Crippen MR) is 78.9 cm³/mol. The largest absolute Gasteiger partial charge is 0.490 e. The van der Waals surface area contributed by atoms with Gasteiger partial charge >= 0.3 is 0 Å². The maximum Gasteiger partial charge on any atom is 0.183 e. The Balaban J connectivity index is 2.11. The number of hydrogen-bond acceptors (Lipinski definition) is 6. The Labute approximate surface area is 127 Å². The van der Waals surface area contributed by atoms with Crippen molar-refractivity contribution in [2.75, 3.05) is 25.6 Å². The third kappa shape index (κ3) is 4.05. The number of benzene rings is 1. The first-order chi connectivity index (χ1) is 10.2. The lowest BCUT2D eigenvalue weighted by Gasteiger charge is -2.10. The SMILES string of the molecule is COCCOc1ccc(Nc2nccnc2C#N)cc1Cl. The van der Waals surface area contributed by atoms with Gasteiger partial charge in [0.1, 0.15) is 18.4 Å². The lowest BCUT2D eigenvalue weighted by atomic mass is 10.3. The van der Waals surface area contributed by atoms with Gasteiger partial charge in [-0.2, -0.15) is 5.26 Å². The van der Waals surface area contributed by atoms with Crippen molar-refractivity contribution in [1.29, 1.82) is 5.26 Å². The maximum atomic E-state index is 8.97. The molecule has 0 aliphatic rings. The number of nitrogens with one attached hydrogen (secondary N) is 1. The Morgan fingerprint density at radius 3 is 2.81 bits per heavy atom. The molecule has 0 fully saturated rings. The van der Waals surface area contributed by atoms with E-state index in [1.54, 1.807) is 25.3 Å². The highest BCUT2D eigenvalue weighted by atomic mass is 35.5. The standard InChI is InChI=1S/C14H13ClN4O2/c1-20-6-7-21-13-3-2-10(8-11(13)15)19-14-12(9-16)17-4-5-18-14/h2-5,8H,6-7H2,1H3,(H,18,19). The minimum atomic E-state index is 0.217. The molecule has 6 nitrogen and oxygen atoms in total. The van der Waals surface area contributed by atoms with Gasteiger partial charge in [0.15, 0.2) is 11.5 Å². The lowest BCUT2D eigenvalue weighted by molar-refractivity contribution is 0.146. The molecule has 0 amide bonds. The minimum absolute atomic E-state index is 0.217. The van der Waals surface area contributed by atoms with Gasteiger partial charge in [0.2, 0.25) is 0 Å². The molecule has 0 spiro atoms. The van der Waals surface area contributed by atoms with E-state index in [9.17, 15) is 0 Å². The van der Waals surface area contributed by atoms with Crippen molar-refractivity contribution >= 4 is 23.1 Å². The van der Waals surface area contributed by atoms with Gasteiger partial charge in [-0.15, -0.1) is 0 Å². The Bertz CT molecular complexity index is 658. The van der Waals surface area contributed by atoms with E-state index in [-0.39, 0.29) is 5.69 Å². The third-order valence-corrected chi connectivity index (χ3v) is 2.84. The number of aromatic nitrogens is 2. The van der Waals surface area contributed by atoms with E-state index >= 15 is 0 Å². The van der Waals surface area contributed by atoms with E-state index in [1.165, 1.54) is 12.4 Å². The third-order valence-electron chi connectivity index (χ3n) is 2.54. The number of hydrogen-bond donors (Lipinski definition) is 1. The molecule has 1 heterocycles. The van der Waals surface area contributed by atoms with Crippen molar-refractivity contribution in [3.63, 3.8) is 0 Å². The summed E-state index contributed by atoms with van der Waals surface area (Å²) in [7, 11) is 1.60. The zero-order valence-electron chi connectivity index (χ0n) is 11.3. The first-order valence-corrected chi connectivity index (χ1v) is 6.52. The van der Waals surface area contributed by atoms with Gasteiger partial charge in [-0.1, -0.05) is 11.6 Å². The molecule has 7 heteroatoms. The summed E-state index contributed by atoms with van der Waals surface area (Å²) in [5, 5.41) is 12.4. The highest BCUT2D eigenvalue weighted by Gasteiger charge is 2.07. The van der Waals surface area contributed by atoms with Crippen LogP contribution in [-0.2, 0) is 4.74 Å². The number of methoxy groups -OCH3 is 1. The van der Waals surface area contributed by atoms with Crippen LogP contribution in [0.25, 0.3) is 0 Å². The van der Waals surface area contributed by atoms with Crippen molar-refractivity contribution < 1.29 is 9.47 Å². The fourth-order valence-corrected chi connectivity index (χ4v) is 1.81. The van der Waals surface area contributed by atoms with E-state index in [1.807, 2.05) is 6.07 Å². The molecule has 1 aromatic carbocycles. The number of nitrogens with zero attached hydrogens (tertiary/aromatic N) is 3. The van der Waals surface area contributed by atoms with Crippen LogP contribution in [0.3, 0.4) is 0 Å². The summed E-state index contributed by atoms with van der Waals surface area (Å²) in [6.07, 6.45) is 2.97. The summed E-state index contributed by atoms with van der Waals surface area (Å²) in [5.41, 5.74) is 0.908. The van der Waals surface area contributed by atoms with Crippen LogP contribution in [0.5, 0.6) is 5.75 Å². The Morgan fingerprint density at radius 1 is 1.29 bits per heavy atom. The average Bonchev–Trinajstić information content (AvgIpc) is 2.50. The lowest BCUT2D eigenvalue weighted by Crippen LogP contribution is -2.04. The van der Waals surface area contributed by atoms with Gasteiger partial charge < -0.3 is 14.8 Å². The number of rotatable bonds is 6. The van der Waals surface area contributed by atoms with Gasteiger partial charge in [-0.25, -0.2) is 9.97 Å². The zero-order chi connectivity index (χ0) is 15.1. The topological polar surface area (TPSA) is 80.1 Å². The molecule has 0 aliphatic heterocycles. The molecule has 1 aromatic heterocycles. The van der Waals surface area contributed by atoms with Crippen LogP contribution in [0.2, 0.25) is 5.02 Å². The van der Waals surface area contributed by atoms with Crippen LogP contribution in [0.15, 0.2) is 30.6 Å². The molecule has 0 saturated heterocycles. The fourth-order valence-electron chi connectivity index (χ4n) is 1.58. The molecule has 0 unspecified atom stereocenters. The number of nitriles is 1. The van der Waals surface area contributed by atoms with Crippen LogP contribution >= 0.6 is 11.6 Å². The molecule has 0 aliphatic carbocycles. The van der Waals surface area contributed by atoms with Gasteiger partial charge in [-0.3, -0.25) is 0 Å². The first kappa shape index (κ1) is 15.0. The predicted octanol–water partition coefficient (Wildman–Crippen LogP) is 2.77. The second-order valence-corrected chi connectivity index (χ2v) is 4.38. The summed E-state index contributed by atoms with van der Waals surface area (Å²) in [5.74, 6) is 0.947. The van der Waals surface area contributed by atoms with E-state index < -0.39 is 0 Å². The smallest absolute Gasteiger partial charge is 0.183 e. The van der Waals surface area contributed by atoms with Gasteiger partial charge in [0.05, 0.1) is 11.6 Å². The van der Waals surface area contributed by atoms with E-state index in [4.69, 9.17) is 26.3 Å². The second-order valence-electron chi connectivity index (χ2n) is 3.98. The maximum absolute atomic E-state index is 8.97. The van der Waals surface area contributed by atoms with Gasteiger partial charge in [0.25, 0.3) is 0 Å². The number of anilines is 2. The number of halogens is 1. The first-order valence-electron chi connectivity index (χ1n) is 6.14. The van der Waals surface area contributed by atoms with Crippen molar-refractivity contribution in [3.8, 4) is 11.8 Å². The Hall–Kier alpha value is -2.36. The summed E-state index contributed by atoms with van der Waals surface area (Å²) in [4.78, 5) is 8.00. The van der Waals surface area contributed by atoms with Crippen LogP contribution in [-0.4, -0.2) is 30.3 Å². The minimum Gasteiger partial charge on any atom is -0.490 e. The zero-order valence-corrected chi connectivity index (χ0v) is 12.1.